The van der Waals surface area contributed by atoms with Gasteiger partial charge in [0.1, 0.15) is 5.75 Å². The third-order valence-corrected chi connectivity index (χ3v) is 4.31. The molecule has 0 spiro atoms. The summed E-state index contributed by atoms with van der Waals surface area (Å²) in [7, 11) is 1.68. The first-order chi connectivity index (χ1) is 7.74. The molecule has 2 heteroatoms. The molecule has 0 radical (unpaired) electrons. The Kier molecular flexibility index (Phi) is 2.21. The van der Waals surface area contributed by atoms with Crippen molar-refractivity contribution in [1.29, 1.82) is 0 Å². The van der Waals surface area contributed by atoms with Crippen molar-refractivity contribution < 1.29 is 9.84 Å². The van der Waals surface area contributed by atoms with Crippen LogP contribution in [0.1, 0.15) is 24.8 Å². The van der Waals surface area contributed by atoms with Crippen molar-refractivity contribution in [2.24, 2.45) is 11.8 Å². The number of hydrogen-bond donors (Lipinski definition) is 1. The van der Waals surface area contributed by atoms with Crippen LogP contribution in [0.5, 0.6) is 5.75 Å². The fourth-order valence-corrected chi connectivity index (χ4v) is 3.42. The summed E-state index contributed by atoms with van der Waals surface area (Å²) in [5.41, 5.74) is 0.793. The van der Waals surface area contributed by atoms with Gasteiger partial charge >= 0.3 is 0 Å². The smallest absolute Gasteiger partial charge is 0.119 e. The van der Waals surface area contributed by atoms with Gasteiger partial charge in [-0.05, 0) is 42.4 Å². The molecule has 0 aliphatic heterocycles. The van der Waals surface area contributed by atoms with Crippen LogP contribution >= 0.6 is 0 Å². The van der Waals surface area contributed by atoms with E-state index >= 15 is 0 Å². The summed E-state index contributed by atoms with van der Waals surface area (Å²) in [6.07, 6.45) is 4.52. The largest absolute Gasteiger partial charge is 0.497 e. The zero-order valence-corrected chi connectivity index (χ0v) is 9.65. The Morgan fingerprint density at radius 1 is 1.38 bits per heavy atom. The van der Waals surface area contributed by atoms with Crippen molar-refractivity contribution in [2.75, 3.05) is 7.11 Å². The predicted octanol–water partition coefficient (Wildman–Crippen LogP) is 2.40. The van der Waals surface area contributed by atoms with Crippen LogP contribution < -0.4 is 4.74 Å². The molecule has 1 aromatic rings. The van der Waals surface area contributed by atoms with Gasteiger partial charge in [0.2, 0.25) is 0 Å². The van der Waals surface area contributed by atoms with E-state index in [1.807, 2.05) is 18.2 Å². The van der Waals surface area contributed by atoms with Gasteiger partial charge < -0.3 is 9.84 Å². The van der Waals surface area contributed by atoms with E-state index in [1.54, 1.807) is 7.11 Å². The molecule has 2 aliphatic carbocycles. The molecule has 86 valence electrons. The first kappa shape index (κ1) is 10.2. The Morgan fingerprint density at radius 2 is 2.12 bits per heavy atom. The van der Waals surface area contributed by atoms with Crippen molar-refractivity contribution in [2.45, 2.75) is 31.3 Å². The van der Waals surface area contributed by atoms with Crippen molar-refractivity contribution >= 4 is 0 Å². The number of aliphatic hydroxyl groups is 1. The molecule has 16 heavy (non-hydrogen) atoms. The molecular formula is C14H18O2. The highest BCUT2D eigenvalue weighted by Crippen LogP contribution is 2.61. The lowest BCUT2D eigenvalue weighted by Crippen LogP contribution is -2.19. The first-order valence-electron chi connectivity index (χ1n) is 6.09. The number of rotatable bonds is 3. The van der Waals surface area contributed by atoms with Crippen molar-refractivity contribution in [1.82, 2.24) is 0 Å². The SMILES string of the molecule is COc1cccc(CC2(O)C3CCCC32)c1. The van der Waals surface area contributed by atoms with Crippen molar-refractivity contribution in [3.8, 4) is 5.75 Å². The lowest BCUT2D eigenvalue weighted by Gasteiger charge is -2.14. The van der Waals surface area contributed by atoms with Gasteiger partial charge in [0.05, 0.1) is 12.7 Å². The third kappa shape index (κ3) is 1.44. The lowest BCUT2D eigenvalue weighted by molar-refractivity contribution is 0.106. The van der Waals surface area contributed by atoms with E-state index in [4.69, 9.17) is 4.74 Å². The van der Waals surface area contributed by atoms with Crippen molar-refractivity contribution in [3.05, 3.63) is 29.8 Å². The monoisotopic (exact) mass is 218 g/mol. The Morgan fingerprint density at radius 3 is 2.81 bits per heavy atom. The van der Waals surface area contributed by atoms with E-state index in [0.29, 0.717) is 11.8 Å². The fourth-order valence-electron chi connectivity index (χ4n) is 3.42. The minimum atomic E-state index is -0.398. The molecule has 2 nitrogen and oxygen atoms in total. The number of fused-ring (bicyclic) bond motifs is 1. The summed E-state index contributed by atoms with van der Waals surface area (Å²) in [4.78, 5) is 0. The zero-order valence-electron chi connectivity index (χ0n) is 9.65. The molecule has 0 bridgehead atoms. The molecule has 0 saturated heterocycles. The Hall–Kier alpha value is -1.02. The Balaban J connectivity index is 1.75. The van der Waals surface area contributed by atoms with Crippen LogP contribution in [-0.2, 0) is 6.42 Å². The van der Waals surface area contributed by atoms with Gasteiger partial charge in [-0.25, -0.2) is 0 Å². The van der Waals surface area contributed by atoms with Crippen molar-refractivity contribution in [3.63, 3.8) is 0 Å². The highest BCUT2D eigenvalue weighted by Gasteiger charge is 2.64. The summed E-state index contributed by atoms with van der Waals surface area (Å²) < 4.78 is 5.20. The van der Waals surface area contributed by atoms with Crippen LogP contribution in [0.2, 0.25) is 0 Å². The molecule has 3 rings (SSSR count). The van der Waals surface area contributed by atoms with Gasteiger partial charge in [0, 0.05) is 6.42 Å². The molecule has 2 atom stereocenters. The quantitative estimate of drug-likeness (QED) is 0.844. The molecule has 2 saturated carbocycles. The Bertz CT molecular complexity index is 389. The second-order valence-corrected chi connectivity index (χ2v) is 5.16. The van der Waals surface area contributed by atoms with Gasteiger partial charge in [-0.2, -0.15) is 0 Å². The number of hydrogen-bond acceptors (Lipinski definition) is 2. The predicted molar refractivity (Wildman–Crippen MR) is 62.5 cm³/mol. The highest BCUT2D eigenvalue weighted by molar-refractivity contribution is 5.32. The van der Waals surface area contributed by atoms with Crippen LogP contribution in [0, 0.1) is 11.8 Å². The molecule has 0 amide bonds. The van der Waals surface area contributed by atoms with E-state index in [1.165, 1.54) is 24.8 Å². The fraction of sp³-hybridized carbons (Fsp3) is 0.571. The van der Waals surface area contributed by atoms with Crippen LogP contribution in [-0.4, -0.2) is 17.8 Å². The highest BCUT2D eigenvalue weighted by atomic mass is 16.5. The summed E-state index contributed by atoms with van der Waals surface area (Å²) in [5, 5.41) is 10.5. The van der Waals surface area contributed by atoms with Gasteiger partial charge in [-0.3, -0.25) is 0 Å². The van der Waals surface area contributed by atoms with Crippen LogP contribution in [0.15, 0.2) is 24.3 Å². The molecule has 2 aliphatic rings. The molecule has 1 N–H and O–H groups in total. The maximum absolute atomic E-state index is 10.5. The van der Waals surface area contributed by atoms with E-state index in [-0.39, 0.29) is 0 Å². The standard InChI is InChI=1S/C14H18O2/c1-16-11-5-2-4-10(8-11)9-14(15)12-6-3-7-13(12)14/h2,4-5,8,12-13,15H,3,6-7,9H2,1H3. The van der Waals surface area contributed by atoms with Crippen LogP contribution in [0.4, 0.5) is 0 Å². The minimum absolute atomic E-state index is 0.398. The Labute approximate surface area is 96.2 Å². The van der Waals surface area contributed by atoms with Crippen LogP contribution in [0.3, 0.4) is 0 Å². The average Bonchev–Trinajstić information content (AvgIpc) is 2.72. The van der Waals surface area contributed by atoms with E-state index in [9.17, 15) is 5.11 Å². The second-order valence-electron chi connectivity index (χ2n) is 5.16. The zero-order chi connectivity index (χ0) is 11.2. The topological polar surface area (TPSA) is 29.5 Å². The molecule has 0 aromatic heterocycles. The summed E-state index contributed by atoms with van der Waals surface area (Å²) in [5.74, 6) is 2.02. The number of methoxy groups -OCH3 is 1. The van der Waals surface area contributed by atoms with Gasteiger partial charge in [0.25, 0.3) is 0 Å². The maximum Gasteiger partial charge on any atom is 0.119 e. The number of ether oxygens (including phenoxy) is 1. The minimum Gasteiger partial charge on any atom is -0.497 e. The molecular weight excluding hydrogens is 200 g/mol. The lowest BCUT2D eigenvalue weighted by atomic mass is 9.99. The summed E-state index contributed by atoms with van der Waals surface area (Å²) >= 11 is 0. The van der Waals surface area contributed by atoms with Gasteiger partial charge in [-0.15, -0.1) is 0 Å². The van der Waals surface area contributed by atoms with E-state index < -0.39 is 5.60 Å². The van der Waals surface area contributed by atoms with Gasteiger partial charge in [-0.1, -0.05) is 18.6 Å². The third-order valence-electron chi connectivity index (χ3n) is 4.31. The molecule has 2 fully saturated rings. The molecule has 2 unspecified atom stereocenters. The molecule has 0 heterocycles. The normalized spacial score (nSPS) is 35.9. The number of benzene rings is 1. The average molecular weight is 218 g/mol. The summed E-state index contributed by atoms with van der Waals surface area (Å²) in [6, 6.07) is 8.05. The van der Waals surface area contributed by atoms with Crippen LogP contribution in [0.25, 0.3) is 0 Å². The van der Waals surface area contributed by atoms with E-state index in [2.05, 4.69) is 6.07 Å². The van der Waals surface area contributed by atoms with Gasteiger partial charge in [0.15, 0.2) is 0 Å². The van der Waals surface area contributed by atoms with E-state index in [0.717, 1.165) is 12.2 Å². The molecule has 1 aromatic carbocycles. The summed E-state index contributed by atoms with van der Waals surface area (Å²) in [6.45, 7) is 0. The maximum atomic E-state index is 10.5. The second kappa shape index (κ2) is 3.49. The first-order valence-corrected chi connectivity index (χ1v) is 6.09.